The van der Waals surface area contributed by atoms with Crippen LogP contribution in [-0.4, -0.2) is 19.6 Å². The monoisotopic (exact) mass is 1070 g/mol. The number of aromatic hydroxyl groups is 1. The number of aryl methyl sites for hydroxylation is 1. The number of benzene rings is 7. The zero-order valence-corrected chi connectivity index (χ0v) is 44.2. The summed E-state index contributed by atoms with van der Waals surface area (Å²) in [6, 6.07) is 53.8. The van der Waals surface area contributed by atoms with Gasteiger partial charge in [0.05, 0.1) is 16.6 Å². The third-order valence-electron chi connectivity index (χ3n) is 13.3. The molecule has 4 nitrogen and oxygen atoms in total. The molecule has 1 N–H and O–H groups in total. The Morgan fingerprint density at radius 1 is 0.529 bits per heavy atom. The van der Waals surface area contributed by atoms with E-state index < -0.39 is 0 Å². The Labute approximate surface area is 418 Å². The maximum Gasteiger partial charge on any atom is 0.148 e. The molecule has 9 aromatic rings. The number of hydrogen-bond acceptors (Lipinski definition) is 3. The molecule has 0 atom stereocenters. The van der Waals surface area contributed by atoms with Crippen molar-refractivity contribution in [2.45, 2.75) is 112 Å². The Bertz CT molecular complexity index is 3320. The summed E-state index contributed by atoms with van der Waals surface area (Å²) in [6.07, 6.45) is 1.87. The molecule has 5 heteroatoms. The van der Waals surface area contributed by atoms with Crippen molar-refractivity contribution in [2.24, 2.45) is 0 Å². The SMILES string of the molecule is Cc1ccnc(-c2[c-]c(-c3cccc4c3nc(-c3ccc(-c5c(C(C)(C)C)ccc6cc(C(C)(C)C)ccc56)cc3O)n4-c3cc(C(C)(C)C)cc(C(C)(C)C)c3)cc(-c3ccccc3)c2)c1.[Pt]. The molecule has 2 aromatic heterocycles. The van der Waals surface area contributed by atoms with Crippen LogP contribution in [0.25, 0.3) is 83.5 Å². The number of aromatic nitrogens is 3. The van der Waals surface area contributed by atoms with Gasteiger partial charge < -0.3 is 5.11 Å². The Balaban J connectivity index is 0.00000625. The molecule has 0 saturated heterocycles. The number of fused-ring (bicyclic) bond motifs is 2. The second-order valence-corrected chi connectivity index (χ2v) is 22.6. The van der Waals surface area contributed by atoms with Crippen molar-refractivity contribution < 1.29 is 26.2 Å². The summed E-state index contributed by atoms with van der Waals surface area (Å²) in [5.41, 5.74) is 17.1. The van der Waals surface area contributed by atoms with Gasteiger partial charge in [0.2, 0.25) is 0 Å². The van der Waals surface area contributed by atoms with Gasteiger partial charge in [0.15, 0.2) is 0 Å². The average molecular weight is 1070 g/mol. The summed E-state index contributed by atoms with van der Waals surface area (Å²) >= 11 is 0. The maximum absolute atomic E-state index is 12.6. The van der Waals surface area contributed by atoms with E-state index in [1.54, 1.807) is 0 Å². The molecule has 0 amide bonds. The molecule has 0 saturated carbocycles. The van der Waals surface area contributed by atoms with Gasteiger partial charge in [0.25, 0.3) is 0 Å². The first-order chi connectivity index (χ1) is 31.5. The largest absolute Gasteiger partial charge is 0.507 e. The second kappa shape index (κ2) is 17.8. The molecule has 7 aromatic carbocycles. The van der Waals surface area contributed by atoms with Crippen LogP contribution in [0.4, 0.5) is 0 Å². The molecular formula is C63H64N3OPt-. The van der Waals surface area contributed by atoms with Crippen LogP contribution in [0.3, 0.4) is 0 Å². The molecule has 0 aliphatic rings. The number of para-hydroxylation sites is 1. The molecule has 68 heavy (non-hydrogen) atoms. The number of hydrogen-bond donors (Lipinski definition) is 1. The van der Waals surface area contributed by atoms with Crippen LogP contribution in [0, 0.1) is 13.0 Å². The van der Waals surface area contributed by atoms with Gasteiger partial charge in [-0.25, -0.2) is 4.98 Å². The van der Waals surface area contributed by atoms with E-state index in [1.807, 2.05) is 24.4 Å². The van der Waals surface area contributed by atoms with Gasteiger partial charge in [-0.1, -0.05) is 196 Å². The first-order valence-corrected chi connectivity index (χ1v) is 23.7. The smallest absolute Gasteiger partial charge is 0.148 e. The van der Waals surface area contributed by atoms with E-state index in [4.69, 9.17) is 9.97 Å². The molecule has 2 heterocycles. The van der Waals surface area contributed by atoms with Gasteiger partial charge in [-0.3, -0.25) is 9.55 Å². The van der Waals surface area contributed by atoms with Crippen molar-refractivity contribution in [3.8, 4) is 67.5 Å². The first kappa shape index (κ1) is 48.4. The van der Waals surface area contributed by atoms with Crippen LogP contribution in [-0.2, 0) is 42.7 Å². The second-order valence-electron chi connectivity index (χ2n) is 22.6. The van der Waals surface area contributed by atoms with Crippen molar-refractivity contribution in [3.63, 3.8) is 0 Å². The van der Waals surface area contributed by atoms with Crippen molar-refractivity contribution >= 4 is 21.8 Å². The van der Waals surface area contributed by atoms with Crippen LogP contribution in [0.1, 0.15) is 111 Å². The van der Waals surface area contributed by atoms with Gasteiger partial charge in [-0.15, -0.1) is 23.8 Å². The van der Waals surface area contributed by atoms with Crippen LogP contribution < -0.4 is 0 Å². The van der Waals surface area contributed by atoms with Crippen molar-refractivity contribution in [3.05, 3.63) is 180 Å². The van der Waals surface area contributed by atoms with Crippen LogP contribution in [0.15, 0.2) is 146 Å². The number of rotatable bonds is 6. The van der Waals surface area contributed by atoms with Crippen LogP contribution in [0.5, 0.6) is 5.75 Å². The summed E-state index contributed by atoms with van der Waals surface area (Å²) in [5.74, 6) is 0.841. The third kappa shape index (κ3) is 9.38. The Morgan fingerprint density at radius 2 is 1.21 bits per heavy atom. The third-order valence-corrected chi connectivity index (χ3v) is 13.3. The zero-order valence-electron chi connectivity index (χ0n) is 42.0. The minimum atomic E-state index is -0.141. The molecule has 348 valence electrons. The molecule has 0 spiro atoms. The fourth-order valence-electron chi connectivity index (χ4n) is 9.31. The van der Waals surface area contributed by atoms with Gasteiger partial charge in [-0.05, 0) is 115 Å². The predicted octanol–water partition coefficient (Wildman–Crippen LogP) is 16.9. The average Bonchev–Trinajstić information content (AvgIpc) is 3.67. The Morgan fingerprint density at radius 3 is 1.84 bits per heavy atom. The molecular weight excluding hydrogens is 1010 g/mol. The van der Waals surface area contributed by atoms with Crippen LogP contribution in [0.2, 0.25) is 0 Å². The molecule has 0 radical (unpaired) electrons. The van der Waals surface area contributed by atoms with E-state index in [9.17, 15) is 5.11 Å². The van der Waals surface area contributed by atoms with E-state index in [1.165, 1.54) is 33.0 Å². The van der Waals surface area contributed by atoms with Crippen molar-refractivity contribution in [1.82, 2.24) is 14.5 Å². The number of pyridine rings is 1. The number of phenolic OH excluding ortho intramolecular Hbond substituents is 1. The minimum absolute atomic E-state index is 0. The summed E-state index contributed by atoms with van der Waals surface area (Å²) in [6.45, 7) is 29.3. The Hall–Kier alpha value is -6.09. The first-order valence-electron chi connectivity index (χ1n) is 23.7. The van der Waals surface area contributed by atoms with Gasteiger partial charge >= 0.3 is 0 Å². The fourth-order valence-corrected chi connectivity index (χ4v) is 9.31. The van der Waals surface area contributed by atoms with E-state index in [2.05, 4.69) is 222 Å². The Kier molecular flexibility index (Phi) is 12.6. The van der Waals surface area contributed by atoms with E-state index in [-0.39, 0.29) is 48.5 Å². The number of imidazole rings is 1. The van der Waals surface area contributed by atoms with Crippen molar-refractivity contribution in [2.75, 3.05) is 0 Å². The van der Waals surface area contributed by atoms with Crippen molar-refractivity contribution in [1.29, 1.82) is 0 Å². The number of nitrogens with zero attached hydrogens (tertiary/aromatic N) is 3. The molecule has 0 fully saturated rings. The van der Waals surface area contributed by atoms with E-state index in [0.29, 0.717) is 11.4 Å². The molecule has 0 bridgehead atoms. The molecule has 0 aliphatic carbocycles. The standard InChI is InChI=1S/C63H64N3O.Pt/c1-39-28-29-64-54(30-39)45-32-43(40-18-15-14-16-19-40)31-44(33-45)51-20-17-21-55-58(51)65-59(66(55)49-37-47(61(5,6)7)36-48(38-49)62(8,9)10)52-25-22-42(35-56(52)67)57-50-26-24-46(60(2,3)4)34-41(50)23-27-53(57)63(11,12)13;/h14-32,34-38,67H,1-13H3;/q-1;. The summed E-state index contributed by atoms with van der Waals surface area (Å²) in [5, 5.41) is 14.9. The van der Waals surface area contributed by atoms with Gasteiger partial charge in [0.1, 0.15) is 11.6 Å². The summed E-state index contributed by atoms with van der Waals surface area (Å²) in [7, 11) is 0. The number of phenols is 1. The fraction of sp³-hybridized carbons (Fsp3) is 0.270. The van der Waals surface area contributed by atoms with E-state index >= 15 is 0 Å². The van der Waals surface area contributed by atoms with E-state index in [0.717, 1.165) is 66.9 Å². The van der Waals surface area contributed by atoms with Crippen LogP contribution >= 0.6 is 0 Å². The predicted molar refractivity (Wildman–Crippen MR) is 284 cm³/mol. The molecule has 0 unspecified atom stereocenters. The maximum atomic E-state index is 12.6. The van der Waals surface area contributed by atoms with Gasteiger partial charge in [-0.2, -0.15) is 0 Å². The summed E-state index contributed by atoms with van der Waals surface area (Å²) < 4.78 is 2.26. The normalized spacial score (nSPS) is 12.4. The molecule has 0 aliphatic heterocycles. The molecule has 9 rings (SSSR count). The van der Waals surface area contributed by atoms with Gasteiger partial charge in [0, 0.05) is 38.6 Å². The minimum Gasteiger partial charge on any atom is -0.507 e. The topological polar surface area (TPSA) is 50.9 Å². The quantitative estimate of drug-likeness (QED) is 0.169. The summed E-state index contributed by atoms with van der Waals surface area (Å²) in [4.78, 5) is 10.4. The zero-order chi connectivity index (χ0) is 47.8.